The van der Waals surface area contributed by atoms with E-state index in [2.05, 4.69) is 11.2 Å². The lowest BCUT2D eigenvalue weighted by atomic mass is 10.2. The van der Waals surface area contributed by atoms with E-state index in [-0.39, 0.29) is 5.69 Å². The molecule has 0 amide bonds. The molecule has 0 saturated carbocycles. The smallest absolute Gasteiger partial charge is 0.334 e. The lowest BCUT2D eigenvalue weighted by molar-refractivity contribution is -0.384. The Morgan fingerprint density at radius 3 is 2.67 bits per heavy atom. The van der Waals surface area contributed by atoms with Gasteiger partial charge in [-0.1, -0.05) is 6.92 Å². The summed E-state index contributed by atoms with van der Waals surface area (Å²) in [6, 6.07) is 2.05. The van der Waals surface area contributed by atoms with Crippen molar-refractivity contribution in [2.24, 2.45) is 7.05 Å². The molecule has 0 spiro atoms. The van der Waals surface area contributed by atoms with Gasteiger partial charge in [0.15, 0.2) is 0 Å². The minimum atomic E-state index is -0.393. The Balaban J connectivity index is 3.24. The molecular weight excluding hydrogens is 234 g/mol. The van der Waals surface area contributed by atoms with Crippen molar-refractivity contribution < 1.29 is 4.92 Å². The predicted molar refractivity (Wildman–Crippen MR) is 67.4 cm³/mol. The second-order valence-corrected chi connectivity index (χ2v) is 3.84. The van der Waals surface area contributed by atoms with Gasteiger partial charge in [0, 0.05) is 20.1 Å². The van der Waals surface area contributed by atoms with Gasteiger partial charge in [0.25, 0.3) is 0 Å². The van der Waals surface area contributed by atoms with E-state index in [9.17, 15) is 10.1 Å². The standard InChI is InChI=1S/C11H17N5O2/c1-4-9-10(16(17)18)11(14(3)13-9)15(5-2)8-6-7-12/h4-6,8H2,1-3H3. The first-order chi connectivity index (χ1) is 8.56. The molecule has 18 heavy (non-hydrogen) atoms. The highest BCUT2D eigenvalue weighted by Gasteiger charge is 2.28. The minimum Gasteiger partial charge on any atom is -0.350 e. The highest BCUT2D eigenvalue weighted by Crippen LogP contribution is 2.31. The van der Waals surface area contributed by atoms with Crippen molar-refractivity contribution in [2.75, 3.05) is 18.0 Å². The van der Waals surface area contributed by atoms with Crippen molar-refractivity contribution in [1.82, 2.24) is 9.78 Å². The third-order valence-corrected chi connectivity index (χ3v) is 2.75. The van der Waals surface area contributed by atoms with Gasteiger partial charge in [-0.3, -0.25) is 10.1 Å². The lowest BCUT2D eigenvalue weighted by Gasteiger charge is -2.20. The Bertz CT molecular complexity index is 475. The summed E-state index contributed by atoms with van der Waals surface area (Å²) in [5.41, 5.74) is 0.535. The largest absolute Gasteiger partial charge is 0.350 e. The van der Waals surface area contributed by atoms with Crippen LogP contribution >= 0.6 is 0 Å². The molecule has 0 radical (unpaired) electrons. The molecule has 0 atom stereocenters. The van der Waals surface area contributed by atoms with Gasteiger partial charge >= 0.3 is 5.69 Å². The van der Waals surface area contributed by atoms with E-state index in [4.69, 9.17) is 5.26 Å². The van der Waals surface area contributed by atoms with Gasteiger partial charge < -0.3 is 4.90 Å². The maximum Gasteiger partial charge on any atom is 0.334 e. The molecule has 0 saturated heterocycles. The van der Waals surface area contributed by atoms with Gasteiger partial charge in [-0.05, 0) is 13.3 Å². The van der Waals surface area contributed by atoms with E-state index >= 15 is 0 Å². The van der Waals surface area contributed by atoms with Gasteiger partial charge in [-0.15, -0.1) is 0 Å². The van der Waals surface area contributed by atoms with Crippen molar-refractivity contribution in [3.63, 3.8) is 0 Å². The van der Waals surface area contributed by atoms with E-state index in [1.165, 1.54) is 4.68 Å². The van der Waals surface area contributed by atoms with Crippen molar-refractivity contribution in [1.29, 1.82) is 5.26 Å². The van der Waals surface area contributed by atoms with Gasteiger partial charge in [0.1, 0.15) is 5.69 Å². The summed E-state index contributed by atoms with van der Waals surface area (Å²) in [6.45, 7) is 4.81. The Morgan fingerprint density at radius 2 is 2.22 bits per heavy atom. The molecule has 1 aromatic heterocycles. The second kappa shape index (κ2) is 6.00. The van der Waals surface area contributed by atoms with Crippen LogP contribution in [0.3, 0.4) is 0 Å². The molecule has 7 heteroatoms. The Kier molecular flexibility index (Phi) is 4.66. The second-order valence-electron chi connectivity index (χ2n) is 3.84. The van der Waals surface area contributed by atoms with Crippen molar-refractivity contribution in [3.05, 3.63) is 15.8 Å². The molecule has 0 unspecified atom stereocenters. The Morgan fingerprint density at radius 1 is 1.56 bits per heavy atom. The van der Waals surface area contributed by atoms with Crippen LogP contribution in [0.15, 0.2) is 0 Å². The van der Waals surface area contributed by atoms with Gasteiger partial charge in [0.05, 0.1) is 17.4 Å². The van der Waals surface area contributed by atoms with E-state index in [0.29, 0.717) is 37.4 Å². The Labute approximate surface area is 106 Å². The quantitative estimate of drug-likeness (QED) is 0.566. The summed E-state index contributed by atoms with van der Waals surface area (Å²) in [5, 5.41) is 24.0. The number of aromatic nitrogens is 2. The summed E-state index contributed by atoms with van der Waals surface area (Å²) >= 11 is 0. The number of rotatable bonds is 6. The number of hydrogen-bond acceptors (Lipinski definition) is 5. The molecule has 0 aromatic carbocycles. The first-order valence-corrected chi connectivity index (χ1v) is 5.88. The molecule has 0 fully saturated rings. The van der Waals surface area contributed by atoms with E-state index in [1.54, 1.807) is 7.05 Å². The predicted octanol–water partition coefficient (Wildman–Crippen LogP) is 1.63. The number of nitrogens with zero attached hydrogens (tertiary/aromatic N) is 5. The lowest BCUT2D eigenvalue weighted by Crippen LogP contribution is -2.26. The van der Waals surface area contributed by atoms with E-state index in [1.807, 2.05) is 18.7 Å². The fraction of sp³-hybridized carbons (Fsp3) is 0.636. The average Bonchev–Trinajstić information content (AvgIpc) is 2.68. The molecular formula is C11H17N5O2. The number of aryl methyl sites for hydroxylation is 2. The number of anilines is 1. The Hall–Kier alpha value is -2.10. The molecule has 0 aliphatic carbocycles. The van der Waals surface area contributed by atoms with Crippen LogP contribution in [0, 0.1) is 21.4 Å². The third kappa shape index (κ3) is 2.59. The zero-order valence-corrected chi connectivity index (χ0v) is 10.9. The third-order valence-electron chi connectivity index (χ3n) is 2.75. The van der Waals surface area contributed by atoms with Crippen molar-refractivity contribution >= 4 is 11.5 Å². The normalized spacial score (nSPS) is 10.1. The summed E-state index contributed by atoms with van der Waals surface area (Å²) in [4.78, 5) is 12.6. The van der Waals surface area contributed by atoms with E-state index in [0.717, 1.165) is 0 Å². The fourth-order valence-corrected chi connectivity index (χ4v) is 1.94. The molecule has 1 aromatic rings. The zero-order chi connectivity index (χ0) is 13.7. The van der Waals surface area contributed by atoms with Crippen molar-refractivity contribution in [2.45, 2.75) is 26.7 Å². The SMILES string of the molecule is CCc1nn(C)c(N(CC)CCC#N)c1[N+](=O)[O-]. The van der Waals surface area contributed by atoms with Crippen LogP contribution in [0.2, 0.25) is 0 Å². The van der Waals surface area contributed by atoms with Crippen LogP contribution < -0.4 is 4.90 Å². The summed E-state index contributed by atoms with van der Waals surface area (Å²) < 4.78 is 1.53. The number of hydrogen-bond donors (Lipinski definition) is 0. The molecule has 1 heterocycles. The van der Waals surface area contributed by atoms with Gasteiger partial charge in [-0.25, -0.2) is 4.68 Å². The van der Waals surface area contributed by atoms with Crippen molar-refractivity contribution in [3.8, 4) is 6.07 Å². The maximum atomic E-state index is 11.2. The van der Waals surface area contributed by atoms with Crippen LogP contribution in [-0.4, -0.2) is 27.8 Å². The molecule has 0 N–H and O–H groups in total. The summed E-state index contributed by atoms with van der Waals surface area (Å²) in [5.74, 6) is 0.481. The number of nitriles is 1. The molecule has 0 aliphatic rings. The van der Waals surface area contributed by atoms with Crippen LogP contribution in [0.5, 0.6) is 0 Å². The molecule has 7 nitrogen and oxygen atoms in total. The molecule has 1 rings (SSSR count). The highest BCUT2D eigenvalue weighted by molar-refractivity contribution is 5.61. The topological polar surface area (TPSA) is 88.0 Å². The average molecular weight is 251 g/mol. The summed E-state index contributed by atoms with van der Waals surface area (Å²) in [7, 11) is 1.69. The molecule has 98 valence electrons. The van der Waals surface area contributed by atoms with Crippen LogP contribution in [0.25, 0.3) is 0 Å². The van der Waals surface area contributed by atoms with Gasteiger partial charge in [0.2, 0.25) is 5.82 Å². The van der Waals surface area contributed by atoms with Gasteiger partial charge in [-0.2, -0.15) is 10.4 Å². The molecule has 0 bridgehead atoms. The van der Waals surface area contributed by atoms with Crippen LogP contribution in [0.1, 0.15) is 26.0 Å². The maximum absolute atomic E-state index is 11.2. The molecule has 0 aliphatic heterocycles. The monoisotopic (exact) mass is 251 g/mol. The summed E-state index contributed by atoms with van der Waals surface area (Å²) in [6.07, 6.45) is 0.845. The number of nitro groups is 1. The zero-order valence-electron chi connectivity index (χ0n) is 10.9. The fourth-order valence-electron chi connectivity index (χ4n) is 1.94. The first kappa shape index (κ1) is 14.0. The highest BCUT2D eigenvalue weighted by atomic mass is 16.6. The minimum absolute atomic E-state index is 0.0554. The van der Waals surface area contributed by atoms with Crippen LogP contribution in [-0.2, 0) is 13.5 Å². The van der Waals surface area contributed by atoms with E-state index < -0.39 is 4.92 Å². The first-order valence-electron chi connectivity index (χ1n) is 5.88. The van der Waals surface area contributed by atoms with Crippen LogP contribution in [0.4, 0.5) is 11.5 Å².